The number of benzene rings is 1. The number of nitrogens with zero attached hydrogens (tertiary/aromatic N) is 7. The number of anilines is 4. The summed E-state index contributed by atoms with van der Waals surface area (Å²) in [7, 11) is -3.86. The lowest BCUT2D eigenvalue weighted by Gasteiger charge is -2.36. The zero-order valence-corrected chi connectivity index (χ0v) is 42.7. The summed E-state index contributed by atoms with van der Waals surface area (Å²) in [6.45, 7) is 27.6. The molecule has 0 unspecified atom stereocenters. The second-order valence-corrected chi connectivity index (χ2v) is 28.7. The van der Waals surface area contributed by atoms with Gasteiger partial charge < -0.3 is 33.6 Å². The molecule has 15 nitrogen and oxygen atoms in total. The van der Waals surface area contributed by atoms with E-state index in [1.807, 2.05) is 11.0 Å². The molecule has 2 aliphatic rings. The molecular formula is C48H65F3N10O5Si2. The van der Waals surface area contributed by atoms with Gasteiger partial charge in [-0.2, -0.15) is 0 Å². The van der Waals surface area contributed by atoms with Crippen molar-refractivity contribution in [2.45, 2.75) is 77.8 Å². The van der Waals surface area contributed by atoms with E-state index >= 15 is 0 Å². The lowest BCUT2D eigenvalue weighted by Crippen LogP contribution is -2.50. The van der Waals surface area contributed by atoms with Crippen molar-refractivity contribution in [3.8, 4) is 17.2 Å². The fourth-order valence-corrected chi connectivity index (χ4v) is 8.05. The average molecular weight is 975 g/mol. The molecule has 2 aliphatic heterocycles. The first-order chi connectivity index (χ1) is 32.0. The molecule has 2 saturated heterocycles. The van der Waals surface area contributed by atoms with Gasteiger partial charge in [-0.05, 0) is 96.9 Å². The lowest BCUT2D eigenvalue weighted by molar-refractivity contribution is 0.208. The van der Waals surface area contributed by atoms with Crippen LogP contribution in [0.4, 0.5) is 46.0 Å². The van der Waals surface area contributed by atoms with Crippen molar-refractivity contribution in [3.05, 3.63) is 115 Å². The molecule has 0 bridgehead atoms. The van der Waals surface area contributed by atoms with Crippen LogP contribution in [0.5, 0.6) is 17.2 Å². The Morgan fingerprint density at radius 2 is 1.01 bits per heavy atom. The minimum atomic E-state index is -1.93. The molecule has 68 heavy (non-hydrogen) atoms. The molecule has 0 atom stereocenters. The van der Waals surface area contributed by atoms with Crippen LogP contribution in [-0.4, -0.2) is 106 Å². The molecule has 0 aliphatic carbocycles. The fourth-order valence-electron chi connectivity index (χ4n) is 6.02. The van der Waals surface area contributed by atoms with Crippen molar-refractivity contribution in [3.63, 3.8) is 0 Å². The van der Waals surface area contributed by atoms with E-state index in [1.165, 1.54) is 60.9 Å². The van der Waals surface area contributed by atoms with Gasteiger partial charge in [0.1, 0.15) is 58.0 Å². The predicted molar refractivity (Wildman–Crippen MR) is 266 cm³/mol. The number of aromatic nitrogens is 4. The van der Waals surface area contributed by atoms with E-state index in [0.29, 0.717) is 49.4 Å². The van der Waals surface area contributed by atoms with Gasteiger partial charge in [-0.1, -0.05) is 41.5 Å². The SMILES string of the molecule is CC(C)(C)[Si](C)(C)Oc1ccc(NC(=O)N2CCN(c3cc(F)ccn3)CC2)nc1.CC(C)(C)[Si](C)(C)Oc1ccc(NC(=O)Oc2ccc(F)cc2)nc1.Fc1ccnc(N2CCNCC2)c1. The summed E-state index contributed by atoms with van der Waals surface area (Å²) in [6.07, 6.45) is 5.50. The molecule has 6 heterocycles. The zero-order valence-electron chi connectivity index (χ0n) is 40.7. The van der Waals surface area contributed by atoms with Crippen LogP contribution in [0.15, 0.2) is 97.6 Å². The predicted octanol–water partition coefficient (Wildman–Crippen LogP) is 10.2. The first-order valence-electron chi connectivity index (χ1n) is 22.5. The maximum absolute atomic E-state index is 13.4. The number of carbonyl (C=O) groups is 2. The van der Waals surface area contributed by atoms with Crippen molar-refractivity contribution in [2.24, 2.45) is 0 Å². The van der Waals surface area contributed by atoms with Gasteiger partial charge in [0.25, 0.3) is 16.6 Å². The molecule has 3 N–H and O–H groups in total. The fraction of sp³-hybridized carbons (Fsp3) is 0.417. The van der Waals surface area contributed by atoms with Gasteiger partial charge in [-0.15, -0.1) is 0 Å². The normalized spacial score (nSPS) is 14.3. The van der Waals surface area contributed by atoms with Crippen LogP contribution < -0.4 is 39.3 Å². The van der Waals surface area contributed by atoms with E-state index in [2.05, 4.69) is 109 Å². The molecule has 2 fully saturated rings. The molecule has 1 aromatic carbocycles. The summed E-state index contributed by atoms with van der Waals surface area (Å²) in [5, 5.41) is 8.77. The lowest BCUT2D eigenvalue weighted by atomic mass is 10.2. The van der Waals surface area contributed by atoms with E-state index in [-0.39, 0.29) is 33.5 Å². The van der Waals surface area contributed by atoms with Crippen molar-refractivity contribution in [1.82, 2.24) is 30.2 Å². The van der Waals surface area contributed by atoms with Crippen LogP contribution in [0.2, 0.25) is 36.3 Å². The quantitative estimate of drug-likeness (QED) is 0.120. The molecule has 3 amide bonds. The molecule has 7 rings (SSSR count). The van der Waals surface area contributed by atoms with Gasteiger partial charge in [-0.25, -0.2) is 42.7 Å². The third kappa shape index (κ3) is 15.9. The molecule has 20 heteroatoms. The number of carbonyl (C=O) groups excluding carboxylic acids is 2. The van der Waals surface area contributed by atoms with Crippen LogP contribution in [0.25, 0.3) is 0 Å². The molecule has 0 spiro atoms. The Balaban J connectivity index is 0.000000204. The minimum Gasteiger partial charge on any atom is -0.542 e. The Kier molecular flexibility index (Phi) is 18.0. The largest absolute Gasteiger partial charge is 0.542 e. The first-order valence-corrected chi connectivity index (χ1v) is 28.3. The van der Waals surface area contributed by atoms with E-state index in [9.17, 15) is 22.8 Å². The number of hydrogen-bond acceptors (Lipinski definition) is 12. The topological polar surface area (TPSA) is 159 Å². The van der Waals surface area contributed by atoms with Crippen molar-refractivity contribution in [1.29, 1.82) is 0 Å². The summed E-state index contributed by atoms with van der Waals surface area (Å²) in [5.74, 6) is 2.86. The van der Waals surface area contributed by atoms with Crippen LogP contribution in [0.1, 0.15) is 41.5 Å². The molecule has 366 valence electrons. The molecule has 0 radical (unpaired) electrons. The van der Waals surface area contributed by atoms with Crippen molar-refractivity contribution < 1.29 is 36.3 Å². The van der Waals surface area contributed by atoms with E-state index < -0.39 is 28.5 Å². The number of urea groups is 1. The average Bonchev–Trinajstić information content (AvgIpc) is 3.28. The van der Waals surface area contributed by atoms with Gasteiger partial charge >= 0.3 is 12.1 Å². The third-order valence-corrected chi connectivity index (χ3v) is 20.8. The maximum Gasteiger partial charge on any atom is 0.418 e. The Morgan fingerprint density at radius 1 is 0.574 bits per heavy atom. The number of pyridine rings is 4. The highest BCUT2D eigenvalue weighted by Gasteiger charge is 2.40. The van der Waals surface area contributed by atoms with Gasteiger partial charge in [0.15, 0.2) is 0 Å². The number of amides is 3. The van der Waals surface area contributed by atoms with E-state index in [0.717, 1.165) is 37.7 Å². The Morgan fingerprint density at radius 3 is 1.44 bits per heavy atom. The zero-order chi connectivity index (χ0) is 49.7. The smallest absolute Gasteiger partial charge is 0.418 e. The summed E-state index contributed by atoms with van der Waals surface area (Å²) >= 11 is 0. The monoisotopic (exact) mass is 974 g/mol. The van der Waals surface area contributed by atoms with Gasteiger partial charge in [0.2, 0.25) is 0 Å². The summed E-state index contributed by atoms with van der Waals surface area (Å²) < 4.78 is 56.5. The van der Waals surface area contributed by atoms with E-state index in [4.69, 9.17) is 13.6 Å². The Labute approximate surface area is 400 Å². The summed E-state index contributed by atoms with van der Waals surface area (Å²) in [6, 6.07) is 17.6. The number of ether oxygens (including phenoxy) is 1. The Hall–Kier alpha value is -6.26. The molecule has 4 aromatic heterocycles. The van der Waals surface area contributed by atoms with Crippen LogP contribution >= 0.6 is 0 Å². The number of nitrogens with one attached hydrogen (secondary N) is 3. The number of piperazine rings is 2. The molecule has 0 saturated carbocycles. The first kappa shape index (κ1) is 52.7. The van der Waals surface area contributed by atoms with Gasteiger partial charge in [-0.3, -0.25) is 10.6 Å². The summed E-state index contributed by atoms with van der Waals surface area (Å²) in [4.78, 5) is 47.0. The maximum atomic E-state index is 13.4. The van der Waals surface area contributed by atoms with Crippen LogP contribution in [0.3, 0.4) is 0 Å². The van der Waals surface area contributed by atoms with Crippen molar-refractivity contribution >= 4 is 52.0 Å². The number of halogens is 3. The summed E-state index contributed by atoms with van der Waals surface area (Å²) in [5.41, 5.74) is 0. The second-order valence-electron chi connectivity index (χ2n) is 19.3. The number of hydrogen-bond donors (Lipinski definition) is 3. The van der Waals surface area contributed by atoms with Crippen molar-refractivity contribution in [2.75, 3.05) is 72.8 Å². The van der Waals surface area contributed by atoms with Crippen LogP contribution in [-0.2, 0) is 0 Å². The minimum absolute atomic E-state index is 0.0862. The highest BCUT2D eigenvalue weighted by atomic mass is 28.4. The number of rotatable bonds is 9. The van der Waals surface area contributed by atoms with E-state index in [1.54, 1.807) is 35.5 Å². The standard InChI is InChI=1S/C21H30FN5O2Si.C18H23FN2O3Si.C9H12FN3/c1-21(2,3)30(4,5)29-17-6-7-18(24-15-17)25-20(28)27-12-10-26(11-13-27)19-14-16(22)8-9-23-19;1-18(2,3)25(4,5)24-15-10-11-16(20-12-15)21-17(22)23-14-8-6-13(19)7-9-14;10-8-1-2-12-9(7-8)13-5-3-11-4-6-13/h6-9,14-15H,10-13H2,1-5H3,(H,24,25,28);6-12H,1-5H3,(H,20,21,22);1-2,7,11H,3-6H2. The Bertz CT molecular complexity index is 2390. The third-order valence-electron chi connectivity index (χ3n) is 12.1. The van der Waals surface area contributed by atoms with Gasteiger partial charge in [0, 0.05) is 76.9 Å². The molecular weight excluding hydrogens is 910 g/mol. The van der Waals surface area contributed by atoms with Crippen LogP contribution in [0, 0.1) is 17.5 Å². The highest BCUT2D eigenvalue weighted by Crippen LogP contribution is 2.38. The van der Waals surface area contributed by atoms with Gasteiger partial charge in [0.05, 0.1) is 12.4 Å². The highest BCUT2D eigenvalue weighted by molar-refractivity contribution is 6.75. The molecule has 5 aromatic rings. The second kappa shape index (κ2) is 23.2.